The second-order valence-electron chi connectivity index (χ2n) is 7.37. The van der Waals surface area contributed by atoms with Gasteiger partial charge in [-0.3, -0.25) is 9.59 Å². The molecule has 3 heterocycles. The number of anilines is 2. The number of carbonyl (C=O) groups excluding carboxylic acids is 2. The Balaban J connectivity index is 1.55. The van der Waals surface area contributed by atoms with E-state index >= 15 is 0 Å². The SMILES string of the molecule is CC(=O)NCCCCCC(=O)N1CCOCC2(Cc3c(N)nc(N)nc3O2)C1. The van der Waals surface area contributed by atoms with Crippen molar-refractivity contribution < 1.29 is 19.1 Å². The number of nitrogen functional groups attached to an aromatic ring is 2. The average Bonchev–Trinajstić information content (AvgIpc) is 2.85. The van der Waals surface area contributed by atoms with E-state index in [0.29, 0.717) is 63.0 Å². The quantitative estimate of drug-likeness (QED) is 0.568. The molecule has 0 aromatic carbocycles. The number of fused-ring (bicyclic) bond motifs is 1. The van der Waals surface area contributed by atoms with Crippen molar-refractivity contribution in [2.75, 3.05) is 44.3 Å². The molecule has 0 bridgehead atoms. The fraction of sp³-hybridized carbons (Fsp3) is 0.667. The lowest BCUT2D eigenvalue weighted by Gasteiger charge is -2.31. The second kappa shape index (κ2) is 8.59. The van der Waals surface area contributed by atoms with Gasteiger partial charge in [-0.15, -0.1) is 0 Å². The summed E-state index contributed by atoms with van der Waals surface area (Å²) in [4.78, 5) is 33.5. The molecular formula is C18H28N6O4. The van der Waals surface area contributed by atoms with Gasteiger partial charge >= 0.3 is 0 Å². The van der Waals surface area contributed by atoms with Crippen molar-refractivity contribution in [1.82, 2.24) is 20.2 Å². The second-order valence-corrected chi connectivity index (χ2v) is 7.37. The Kier molecular flexibility index (Phi) is 6.18. The Morgan fingerprint density at radius 3 is 2.86 bits per heavy atom. The van der Waals surface area contributed by atoms with Crippen LogP contribution < -0.4 is 21.5 Å². The van der Waals surface area contributed by atoms with Crippen LogP contribution in [0.5, 0.6) is 5.88 Å². The third-order valence-corrected chi connectivity index (χ3v) is 4.97. The monoisotopic (exact) mass is 392 g/mol. The van der Waals surface area contributed by atoms with Crippen LogP contribution in [0.1, 0.15) is 38.2 Å². The van der Waals surface area contributed by atoms with Crippen LogP contribution in [0.2, 0.25) is 0 Å². The van der Waals surface area contributed by atoms with Gasteiger partial charge in [-0.25, -0.2) is 0 Å². The first kappa shape index (κ1) is 20.1. The van der Waals surface area contributed by atoms with Gasteiger partial charge in [0.2, 0.25) is 23.6 Å². The van der Waals surface area contributed by atoms with Gasteiger partial charge in [-0.2, -0.15) is 9.97 Å². The first-order valence-electron chi connectivity index (χ1n) is 9.59. The average molecular weight is 392 g/mol. The van der Waals surface area contributed by atoms with Crippen LogP contribution in [0.4, 0.5) is 11.8 Å². The molecular weight excluding hydrogens is 364 g/mol. The van der Waals surface area contributed by atoms with Gasteiger partial charge < -0.3 is 31.2 Å². The highest BCUT2D eigenvalue weighted by molar-refractivity contribution is 5.76. The number of nitrogens with one attached hydrogen (secondary N) is 1. The maximum absolute atomic E-state index is 12.7. The highest BCUT2D eigenvalue weighted by Gasteiger charge is 2.45. The number of nitrogens with zero attached hydrogens (tertiary/aromatic N) is 3. The largest absolute Gasteiger partial charge is 0.466 e. The number of hydrogen-bond acceptors (Lipinski definition) is 8. The van der Waals surface area contributed by atoms with Crippen LogP contribution in [0.25, 0.3) is 0 Å². The van der Waals surface area contributed by atoms with Crippen molar-refractivity contribution in [3.05, 3.63) is 5.56 Å². The molecule has 1 atom stereocenters. The molecule has 1 aromatic rings. The predicted octanol–water partition coefficient (Wildman–Crippen LogP) is -0.130. The van der Waals surface area contributed by atoms with Gasteiger partial charge in [-0.05, 0) is 12.8 Å². The van der Waals surface area contributed by atoms with E-state index in [9.17, 15) is 9.59 Å². The van der Waals surface area contributed by atoms with Crippen LogP contribution in [-0.4, -0.2) is 65.1 Å². The molecule has 2 amide bonds. The number of amides is 2. The van der Waals surface area contributed by atoms with Crippen molar-refractivity contribution >= 4 is 23.6 Å². The molecule has 0 saturated carbocycles. The molecule has 3 rings (SSSR count). The molecule has 1 saturated heterocycles. The summed E-state index contributed by atoms with van der Waals surface area (Å²) in [7, 11) is 0. The van der Waals surface area contributed by atoms with E-state index < -0.39 is 5.60 Å². The lowest BCUT2D eigenvalue weighted by molar-refractivity contribution is -0.133. The fourth-order valence-electron chi connectivity index (χ4n) is 3.60. The Morgan fingerprint density at radius 1 is 1.25 bits per heavy atom. The van der Waals surface area contributed by atoms with Gasteiger partial charge in [-0.1, -0.05) is 6.42 Å². The van der Waals surface area contributed by atoms with Crippen LogP contribution in [-0.2, 0) is 20.7 Å². The Bertz CT molecular complexity index is 743. The molecule has 2 aliphatic rings. The minimum absolute atomic E-state index is 0.0319. The van der Waals surface area contributed by atoms with Crippen LogP contribution in [0.15, 0.2) is 0 Å². The van der Waals surface area contributed by atoms with Crippen molar-refractivity contribution in [2.45, 2.75) is 44.6 Å². The number of ether oxygens (including phenoxy) is 2. The van der Waals surface area contributed by atoms with Crippen LogP contribution >= 0.6 is 0 Å². The Morgan fingerprint density at radius 2 is 2.07 bits per heavy atom. The molecule has 28 heavy (non-hydrogen) atoms. The molecule has 154 valence electrons. The summed E-state index contributed by atoms with van der Waals surface area (Å²) in [5, 5.41) is 2.76. The Hall–Kier alpha value is -2.62. The summed E-state index contributed by atoms with van der Waals surface area (Å²) >= 11 is 0. The Labute approximate surface area is 164 Å². The van der Waals surface area contributed by atoms with E-state index in [-0.39, 0.29) is 17.8 Å². The summed E-state index contributed by atoms with van der Waals surface area (Å²) in [6, 6.07) is 0. The zero-order valence-electron chi connectivity index (χ0n) is 16.2. The number of hydrogen-bond donors (Lipinski definition) is 3. The van der Waals surface area contributed by atoms with E-state index in [0.717, 1.165) is 19.3 Å². The molecule has 1 unspecified atom stereocenters. The summed E-state index contributed by atoms with van der Waals surface area (Å²) < 4.78 is 11.8. The molecule has 1 fully saturated rings. The summed E-state index contributed by atoms with van der Waals surface area (Å²) in [5.41, 5.74) is 11.6. The van der Waals surface area contributed by atoms with Crippen LogP contribution in [0, 0.1) is 0 Å². The third-order valence-electron chi connectivity index (χ3n) is 4.97. The minimum atomic E-state index is -0.712. The zero-order chi connectivity index (χ0) is 20.1. The topological polar surface area (TPSA) is 146 Å². The van der Waals surface area contributed by atoms with E-state index in [2.05, 4.69) is 15.3 Å². The molecule has 10 heteroatoms. The van der Waals surface area contributed by atoms with Gasteiger partial charge in [0.1, 0.15) is 5.82 Å². The van der Waals surface area contributed by atoms with E-state index in [1.54, 1.807) is 4.90 Å². The molecule has 5 N–H and O–H groups in total. The molecule has 0 aliphatic carbocycles. The first-order valence-corrected chi connectivity index (χ1v) is 9.59. The third kappa shape index (κ3) is 4.80. The van der Waals surface area contributed by atoms with E-state index in [1.807, 2.05) is 0 Å². The fourth-order valence-corrected chi connectivity index (χ4v) is 3.60. The molecule has 10 nitrogen and oxygen atoms in total. The van der Waals surface area contributed by atoms with Crippen LogP contribution in [0.3, 0.4) is 0 Å². The van der Waals surface area contributed by atoms with Crippen molar-refractivity contribution in [2.24, 2.45) is 0 Å². The number of rotatable bonds is 6. The van der Waals surface area contributed by atoms with Gasteiger partial charge in [0.05, 0.1) is 25.3 Å². The number of carbonyl (C=O) groups is 2. The standard InChI is InChI=1S/C18H28N6O4/c1-12(25)21-6-4-2-3-5-14(26)24-7-8-27-11-18(10-24)9-13-15(19)22-17(20)23-16(13)28-18/h2-11H2,1H3,(H,21,25)(H4,19,20,22,23). The van der Waals surface area contributed by atoms with Crippen molar-refractivity contribution in [1.29, 1.82) is 0 Å². The van der Waals surface area contributed by atoms with E-state index in [1.165, 1.54) is 6.92 Å². The minimum Gasteiger partial charge on any atom is -0.466 e. The molecule has 1 spiro atoms. The normalized spacial score (nSPS) is 21.1. The first-order chi connectivity index (χ1) is 13.4. The maximum Gasteiger partial charge on any atom is 0.225 e. The van der Waals surface area contributed by atoms with Gasteiger partial charge in [0, 0.05) is 32.9 Å². The lowest BCUT2D eigenvalue weighted by atomic mass is 9.97. The highest BCUT2D eigenvalue weighted by Crippen LogP contribution is 2.38. The molecule has 1 aromatic heterocycles. The predicted molar refractivity (Wildman–Crippen MR) is 102 cm³/mol. The number of aromatic nitrogens is 2. The number of nitrogens with two attached hydrogens (primary N) is 2. The molecule has 0 radical (unpaired) electrons. The van der Waals surface area contributed by atoms with E-state index in [4.69, 9.17) is 20.9 Å². The van der Waals surface area contributed by atoms with Crippen molar-refractivity contribution in [3.8, 4) is 5.88 Å². The van der Waals surface area contributed by atoms with Crippen molar-refractivity contribution in [3.63, 3.8) is 0 Å². The number of unbranched alkanes of at least 4 members (excludes halogenated alkanes) is 2. The van der Waals surface area contributed by atoms with Gasteiger partial charge in [0.15, 0.2) is 5.60 Å². The van der Waals surface area contributed by atoms with Gasteiger partial charge in [0.25, 0.3) is 0 Å². The lowest BCUT2D eigenvalue weighted by Crippen LogP contribution is -2.49. The molecule has 2 aliphatic heterocycles. The summed E-state index contributed by atoms with van der Waals surface area (Å²) in [5.74, 6) is 0.787. The summed E-state index contributed by atoms with van der Waals surface area (Å²) in [6.07, 6.45) is 3.46. The highest BCUT2D eigenvalue weighted by atomic mass is 16.6. The smallest absolute Gasteiger partial charge is 0.225 e. The zero-order valence-corrected chi connectivity index (χ0v) is 16.2. The maximum atomic E-state index is 12.7. The summed E-state index contributed by atoms with van der Waals surface area (Å²) in [6.45, 7) is 3.88.